The molecular weight excluding hydrogens is 382 g/mol. The van der Waals surface area contributed by atoms with Crippen molar-refractivity contribution in [2.45, 2.75) is 19.4 Å². The summed E-state index contributed by atoms with van der Waals surface area (Å²) in [6, 6.07) is 17.4. The van der Waals surface area contributed by atoms with E-state index < -0.39 is 0 Å². The molecule has 2 heterocycles. The number of anilines is 1. The average molecular weight is 408 g/mol. The van der Waals surface area contributed by atoms with Gasteiger partial charge in [0.25, 0.3) is 5.91 Å². The van der Waals surface area contributed by atoms with Gasteiger partial charge in [-0.2, -0.15) is 0 Å². The van der Waals surface area contributed by atoms with Gasteiger partial charge in [0.1, 0.15) is 12.4 Å². The van der Waals surface area contributed by atoms with Crippen molar-refractivity contribution in [1.82, 2.24) is 10.3 Å². The Hall–Kier alpha value is -2.86. The van der Waals surface area contributed by atoms with E-state index in [2.05, 4.69) is 15.2 Å². The number of benzene rings is 2. The predicted molar refractivity (Wildman–Crippen MR) is 117 cm³/mol. The summed E-state index contributed by atoms with van der Waals surface area (Å²) in [5, 5.41) is 6.18. The van der Waals surface area contributed by atoms with E-state index in [9.17, 15) is 4.79 Å². The Bertz CT molecular complexity index is 915. The molecule has 1 aliphatic rings. The van der Waals surface area contributed by atoms with Crippen LogP contribution in [0, 0.1) is 5.92 Å². The smallest absolute Gasteiger partial charge is 0.251 e. The minimum atomic E-state index is -0.0541. The minimum Gasteiger partial charge on any atom is -0.489 e. The second kappa shape index (κ2) is 9.56. The number of nitrogens with one attached hydrogen (secondary N) is 1. The van der Waals surface area contributed by atoms with Crippen LogP contribution >= 0.6 is 11.3 Å². The van der Waals surface area contributed by atoms with Crippen LogP contribution in [0.1, 0.15) is 28.8 Å². The molecule has 0 spiro atoms. The summed E-state index contributed by atoms with van der Waals surface area (Å²) in [7, 11) is 0. The summed E-state index contributed by atoms with van der Waals surface area (Å²) in [5.41, 5.74) is 1.73. The second-order valence-corrected chi connectivity index (χ2v) is 8.15. The Labute approximate surface area is 175 Å². The molecule has 1 fully saturated rings. The number of aromatic nitrogens is 1. The van der Waals surface area contributed by atoms with Gasteiger partial charge >= 0.3 is 0 Å². The van der Waals surface area contributed by atoms with Gasteiger partial charge < -0.3 is 15.0 Å². The first kappa shape index (κ1) is 19.5. The fourth-order valence-corrected chi connectivity index (χ4v) is 4.26. The zero-order valence-corrected chi connectivity index (χ0v) is 17.1. The maximum absolute atomic E-state index is 12.6. The number of thiazole rings is 1. The van der Waals surface area contributed by atoms with Gasteiger partial charge in [0.2, 0.25) is 0 Å². The highest BCUT2D eigenvalue weighted by Crippen LogP contribution is 2.24. The van der Waals surface area contributed by atoms with Crippen LogP contribution in [-0.2, 0) is 6.61 Å². The van der Waals surface area contributed by atoms with E-state index in [1.165, 1.54) is 0 Å². The number of hydrogen-bond donors (Lipinski definition) is 1. The van der Waals surface area contributed by atoms with Crippen molar-refractivity contribution >= 4 is 22.4 Å². The molecule has 0 unspecified atom stereocenters. The summed E-state index contributed by atoms with van der Waals surface area (Å²) in [5.74, 6) is 1.09. The molecule has 6 heteroatoms. The number of hydrogen-bond acceptors (Lipinski definition) is 5. The molecule has 3 aromatic rings. The maximum atomic E-state index is 12.6. The lowest BCUT2D eigenvalue weighted by atomic mass is 9.98. The normalized spacial score (nSPS) is 16.4. The second-order valence-electron chi connectivity index (χ2n) is 7.28. The van der Waals surface area contributed by atoms with Crippen molar-refractivity contribution in [3.05, 3.63) is 77.3 Å². The van der Waals surface area contributed by atoms with E-state index in [1.54, 1.807) is 17.4 Å². The van der Waals surface area contributed by atoms with Gasteiger partial charge in [-0.05, 0) is 42.5 Å². The first-order chi connectivity index (χ1) is 14.3. The monoisotopic (exact) mass is 407 g/mol. The van der Waals surface area contributed by atoms with Crippen molar-refractivity contribution in [2.75, 3.05) is 24.5 Å². The molecular formula is C23H25N3O2S. The molecule has 150 valence electrons. The van der Waals surface area contributed by atoms with Crippen molar-refractivity contribution < 1.29 is 9.53 Å². The van der Waals surface area contributed by atoms with E-state index in [4.69, 9.17) is 4.74 Å². The molecule has 1 saturated heterocycles. The highest BCUT2D eigenvalue weighted by Gasteiger charge is 2.22. The standard InChI is InChI=1S/C23H25N3O2S/c27-22(25-15-19-8-5-12-26(16-19)23-24-11-13-29-23)20-9-4-10-21(14-20)28-17-18-6-2-1-3-7-18/h1-4,6-7,9-11,13-14,19H,5,8,12,15-17H2,(H,25,27)/t19-/m1/s1. The van der Waals surface area contributed by atoms with Crippen LogP contribution in [0.25, 0.3) is 0 Å². The molecule has 5 nitrogen and oxygen atoms in total. The van der Waals surface area contributed by atoms with E-state index >= 15 is 0 Å². The maximum Gasteiger partial charge on any atom is 0.251 e. The number of nitrogens with zero attached hydrogens (tertiary/aromatic N) is 2. The van der Waals surface area contributed by atoms with Crippen molar-refractivity contribution in [3.8, 4) is 5.75 Å². The molecule has 1 aromatic heterocycles. The molecule has 1 N–H and O–H groups in total. The molecule has 0 aliphatic carbocycles. The Morgan fingerprint density at radius 3 is 2.93 bits per heavy atom. The fourth-order valence-electron chi connectivity index (χ4n) is 3.58. The number of amides is 1. The quantitative estimate of drug-likeness (QED) is 0.632. The Morgan fingerprint density at radius 1 is 1.21 bits per heavy atom. The molecule has 1 aliphatic heterocycles. The molecule has 0 saturated carbocycles. The lowest BCUT2D eigenvalue weighted by Gasteiger charge is -2.32. The van der Waals surface area contributed by atoms with Crippen LogP contribution in [0.4, 0.5) is 5.13 Å². The van der Waals surface area contributed by atoms with Crippen LogP contribution in [0.15, 0.2) is 66.2 Å². The Balaban J connectivity index is 1.29. The molecule has 0 radical (unpaired) electrons. The van der Waals surface area contributed by atoms with Crippen LogP contribution < -0.4 is 15.0 Å². The summed E-state index contributed by atoms with van der Waals surface area (Å²) in [6.07, 6.45) is 4.10. The molecule has 1 amide bonds. The first-order valence-electron chi connectivity index (χ1n) is 9.97. The van der Waals surface area contributed by atoms with Crippen LogP contribution in [0.2, 0.25) is 0 Å². The predicted octanol–water partition coefficient (Wildman–Crippen LogP) is 4.37. The van der Waals surface area contributed by atoms with Gasteiger partial charge in [-0.25, -0.2) is 4.98 Å². The number of ether oxygens (including phenoxy) is 1. The van der Waals surface area contributed by atoms with E-state index in [0.29, 0.717) is 30.4 Å². The fraction of sp³-hybridized carbons (Fsp3) is 0.304. The van der Waals surface area contributed by atoms with Crippen LogP contribution in [0.5, 0.6) is 5.75 Å². The third kappa shape index (κ3) is 5.35. The van der Waals surface area contributed by atoms with Gasteiger partial charge in [0, 0.05) is 36.8 Å². The zero-order chi connectivity index (χ0) is 19.9. The summed E-state index contributed by atoms with van der Waals surface area (Å²) < 4.78 is 5.84. The average Bonchev–Trinajstić information content (AvgIpc) is 3.32. The largest absolute Gasteiger partial charge is 0.489 e. The highest BCUT2D eigenvalue weighted by atomic mass is 32.1. The van der Waals surface area contributed by atoms with Crippen LogP contribution in [0.3, 0.4) is 0 Å². The number of carbonyl (C=O) groups is 1. The van der Waals surface area contributed by atoms with E-state index in [0.717, 1.165) is 36.6 Å². The highest BCUT2D eigenvalue weighted by molar-refractivity contribution is 7.13. The van der Waals surface area contributed by atoms with Gasteiger partial charge in [-0.1, -0.05) is 36.4 Å². The van der Waals surface area contributed by atoms with Crippen molar-refractivity contribution in [3.63, 3.8) is 0 Å². The SMILES string of the molecule is O=C(NC[C@H]1CCCN(c2nccs2)C1)c1cccc(OCc2ccccc2)c1. The lowest BCUT2D eigenvalue weighted by molar-refractivity contribution is 0.0945. The number of rotatable bonds is 7. The molecule has 1 atom stereocenters. The number of carbonyl (C=O) groups excluding carboxylic acids is 1. The van der Waals surface area contributed by atoms with Crippen molar-refractivity contribution in [1.29, 1.82) is 0 Å². The number of piperidine rings is 1. The van der Waals surface area contributed by atoms with Gasteiger partial charge in [-0.3, -0.25) is 4.79 Å². The van der Waals surface area contributed by atoms with Gasteiger partial charge in [0.15, 0.2) is 5.13 Å². The van der Waals surface area contributed by atoms with Gasteiger partial charge in [0.05, 0.1) is 0 Å². The molecule has 4 rings (SSSR count). The minimum absolute atomic E-state index is 0.0541. The summed E-state index contributed by atoms with van der Waals surface area (Å²) in [6.45, 7) is 3.14. The van der Waals surface area contributed by atoms with E-state index in [1.807, 2.05) is 60.1 Å². The Kier molecular flexibility index (Phi) is 6.42. The summed E-state index contributed by atoms with van der Waals surface area (Å²) in [4.78, 5) is 19.4. The van der Waals surface area contributed by atoms with Gasteiger partial charge in [-0.15, -0.1) is 11.3 Å². The molecule has 2 aromatic carbocycles. The summed E-state index contributed by atoms with van der Waals surface area (Å²) >= 11 is 1.67. The van der Waals surface area contributed by atoms with E-state index in [-0.39, 0.29) is 5.91 Å². The Morgan fingerprint density at radius 2 is 2.10 bits per heavy atom. The molecule has 0 bridgehead atoms. The van der Waals surface area contributed by atoms with Crippen molar-refractivity contribution in [2.24, 2.45) is 5.92 Å². The first-order valence-corrected chi connectivity index (χ1v) is 10.9. The topological polar surface area (TPSA) is 54.5 Å². The lowest BCUT2D eigenvalue weighted by Crippen LogP contribution is -2.41. The molecule has 29 heavy (non-hydrogen) atoms. The third-order valence-electron chi connectivity index (χ3n) is 5.10. The third-order valence-corrected chi connectivity index (χ3v) is 5.94. The van der Waals surface area contributed by atoms with Crippen LogP contribution in [-0.4, -0.2) is 30.5 Å². The zero-order valence-electron chi connectivity index (χ0n) is 16.3.